The van der Waals surface area contributed by atoms with E-state index in [2.05, 4.69) is 10.5 Å². The molecule has 0 unspecified atom stereocenters. The lowest BCUT2D eigenvalue weighted by molar-refractivity contribution is -0.137. The minimum atomic E-state index is -4.41. The number of rotatable bonds is 4. The van der Waals surface area contributed by atoms with Gasteiger partial charge in [0.2, 0.25) is 0 Å². The topological polar surface area (TPSA) is 37.5 Å². The van der Waals surface area contributed by atoms with Crippen LogP contribution in [0.1, 0.15) is 11.3 Å². The summed E-state index contributed by atoms with van der Waals surface area (Å²) in [4.78, 5) is 0. The van der Waals surface area contributed by atoms with Crippen LogP contribution in [-0.4, -0.2) is 6.21 Å². The van der Waals surface area contributed by atoms with Gasteiger partial charge in [0.1, 0.15) is 11.5 Å². The lowest BCUT2D eigenvalue weighted by atomic mass is 10.1. The van der Waals surface area contributed by atoms with Crippen LogP contribution < -0.4 is 5.43 Å². The summed E-state index contributed by atoms with van der Waals surface area (Å²) in [5.74, 6) is 0.692. The van der Waals surface area contributed by atoms with Crippen LogP contribution in [0.25, 0.3) is 11.3 Å². The van der Waals surface area contributed by atoms with Crippen LogP contribution in [0.3, 0.4) is 0 Å². The second kappa shape index (κ2) is 7.43. The summed E-state index contributed by atoms with van der Waals surface area (Å²) < 4.78 is 43.9. The summed E-state index contributed by atoms with van der Waals surface area (Å²) in [6, 6.07) is 13.0. The molecule has 0 aliphatic carbocycles. The predicted molar refractivity (Wildman–Crippen MR) is 96.8 cm³/mol. The molecular formula is C18H11Cl2F3N2O. The maximum atomic E-state index is 12.8. The number of nitrogens with one attached hydrogen (secondary N) is 1. The number of anilines is 1. The second-order valence-electron chi connectivity index (χ2n) is 5.28. The van der Waals surface area contributed by atoms with E-state index < -0.39 is 11.7 Å². The van der Waals surface area contributed by atoms with Crippen molar-refractivity contribution in [1.29, 1.82) is 0 Å². The number of hydrogen-bond acceptors (Lipinski definition) is 3. The number of benzene rings is 2. The molecule has 134 valence electrons. The smallest absolute Gasteiger partial charge is 0.416 e. The Morgan fingerprint density at radius 1 is 0.962 bits per heavy atom. The zero-order chi connectivity index (χ0) is 18.7. The van der Waals surface area contributed by atoms with Crippen molar-refractivity contribution in [2.75, 3.05) is 5.43 Å². The standard InChI is InChI=1S/C18H11Cl2F3N2O/c19-15-6-4-13(9-16(15)20)25-24-10-14-5-7-17(26-14)11-2-1-3-12(8-11)18(21,22)23/h1-10,25H. The maximum Gasteiger partial charge on any atom is 0.416 e. The molecular weight excluding hydrogens is 388 g/mol. The average molecular weight is 399 g/mol. The van der Waals surface area contributed by atoms with E-state index in [1.807, 2.05) is 0 Å². The number of hydrazone groups is 1. The molecule has 3 nitrogen and oxygen atoms in total. The molecule has 0 amide bonds. The lowest BCUT2D eigenvalue weighted by Crippen LogP contribution is -2.04. The third kappa shape index (κ3) is 4.39. The molecule has 26 heavy (non-hydrogen) atoms. The van der Waals surface area contributed by atoms with Crippen LogP contribution in [0.2, 0.25) is 10.0 Å². The van der Waals surface area contributed by atoms with Gasteiger partial charge in [0.15, 0.2) is 0 Å². The van der Waals surface area contributed by atoms with Crippen LogP contribution >= 0.6 is 23.2 Å². The highest BCUT2D eigenvalue weighted by Gasteiger charge is 2.30. The molecule has 0 bridgehead atoms. The number of hydrogen-bond donors (Lipinski definition) is 1. The van der Waals surface area contributed by atoms with Gasteiger partial charge in [-0.2, -0.15) is 18.3 Å². The Morgan fingerprint density at radius 3 is 2.50 bits per heavy atom. The third-order valence-electron chi connectivity index (χ3n) is 3.41. The maximum absolute atomic E-state index is 12.8. The summed E-state index contributed by atoms with van der Waals surface area (Å²) in [5.41, 5.74) is 2.98. The monoisotopic (exact) mass is 398 g/mol. The largest absolute Gasteiger partial charge is 0.455 e. The molecule has 0 fully saturated rings. The molecule has 8 heteroatoms. The fourth-order valence-corrected chi connectivity index (χ4v) is 2.46. The van der Waals surface area contributed by atoms with E-state index in [0.717, 1.165) is 12.1 Å². The van der Waals surface area contributed by atoms with Gasteiger partial charge in [-0.25, -0.2) is 0 Å². The number of alkyl halides is 3. The van der Waals surface area contributed by atoms with Gasteiger partial charge in [-0.15, -0.1) is 0 Å². The number of furan rings is 1. The Balaban J connectivity index is 1.73. The van der Waals surface area contributed by atoms with E-state index in [4.69, 9.17) is 27.6 Å². The molecule has 0 aliphatic heterocycles. The van der Waals surface area contributed by atoms with E-state index in [1.165, 1.54) is 12.3 Å². The molecule has 0 aliphatic rings. The summed E-state index contributed by atoms with van der Waals surface area (Å²) in [7, 11) is 0. The Labute approximate surface area is 157 Å². The van der Waals surface area contributed by atoms with Gasteiger partial charge in [0, 0.05) is 5.56 Å². The van der Waals surface area contributed by atoms with Crippen molar-refractivity contribution < 1.29 is 17.6 Å². The van der Waals surface area contributed by atoms with Gasteiger partial charge in [-0.1, -0.05) is 35.3 Å². The summed E-state index contributed by atoms with van der Waals surface area (Å²) in [6.07, 6.45) is -3.00. The molecule has 0 atom stereocenters. The first-order chi connectivity index (χ1) is 12.3. The molecule has 1 N–H and O–H groups in total. The highest BCUT2D eigenvalue weighted by Crippen LogP contribution is 2.32. The number of nitrogens with zero attached hydrogens (tertiary/aromatic N) is 1. The summed E-state index contributed by atoms with van der Waals surface area (Å²) in [6.45, 7) is 0. The Morgan fingerprint density at radius 2 is 1.77 bits per heavy atom. The minimum Gasteiger partial charge on any atom is -0.455 e. The van der Waals surface area contributed by atoms with Gasteiger partial charge in [-0.05, 0) is 42.5 Å². The first-order valence-corrected chi connectivity index (χ1v) is 8.10. The van der Waals surface area contributed by atoms with Crippen molar-refractivity contribution in [2.24, 2.45) is 5.10 Å². The van der Waals surface area contributed by atoms with Gasteiger partial charge in [-0.3, -0.25) is 5.43 Å². The van der Waals surface area contributed by atoms with E-state index >= 15 is 0 Å². The van der Waals surface area contributed by atoms with Crippen molar-refractivity contribution in [2.45, 2.75) is 6.18 Å². The molecule has 1 aromatic heterocycles. The third-order valence-corrected chi connectivity index (χ3v) is 4.15. The van der Waals surface area contributed by atoms with Crippen molar-refractivity contribution >= 4 is 35.1 Å². The van der Waals surface area contributed by atoms with Crippen molar-refractivity contribution in [3.05, 3.63) is 76.0 Å². The van der Waals surface area contributed by atoms with Gasteiger partial charge < -0.3 is 4.42 Å². The molecule has 0 saturated carbocycles. The molecule has 0 radical (unpaired) electrons. The molecule has 3 rings (SSSR count). The number of halogens is 5. The zero-order valence-corrected chi connectivity index (χ0v) is 14.5. The quantitative estimate of drug-likeness (QED) is 0.391. The van der Waals surface area contributed by atoms with Gasteiger partial charge >= 0.3 is 6.18 Å². The van der Waals surface area contributed by atoms with Crippen molar-refractivity contribution in [1.82, 2.24) is 0 Å². The highest BCUT2D eigenvalue weighted by molar-refractivity contribution is 6.42. The van der Waals surface area contributed by atoms with Crippen molar-refractivity contribution in [3.8, 4) is 11.3 Å². The molecule has 0 saturated heterocycles. The Hall–Kier alpha value is -2.44. The van der Waals surface area contributed by atoms with E-state index in [9.17, 15) is 13.2 Å². The van der Waals surface area contributed by atoms with Crippen LogP contribution in [0.4, 0.5) is 18.9 Å². The van der Waals surface area contributed by atoms with Gasteiger partial charge in [0.05, 0.1) is 27.5 Å². The van der Waals surface area contributed by atoms with E-state index in [0.29, 0.717) is 32.8 Å². The van der Waals surface area contributed by atoms with Crippen LogP contribution in [0, 0.1) is 0 Å². The minimum absolute atomic E-state index is 0.312. The van der Waals surface area contributed by atoms with E-state index in [-0.39, 0.29) is 0 Å². The summed E-state index contributed by atoms with van der Waals surface area (Å²) >= 11 is 11.7. The average Bonchev–Trinajstić information content (AvgIpc) is 3.06. The van der Waals surface area contributed by atoms with Crippen LogP contribution in [0.15, 0.2) is 64.1 Å². The lowest BCUT2D eigenvalue weighted by Gasteiger charge is -2.07. The normalized spacial score (nSPS) is 11.9. The highest BCUT2D eigenvalue weighted by atomic mass is 35.5. The Kier molecular flexibility index (Phi) is 5.25. The molecule has 1 heterocycles. The van der Waals surface area contributed by atoms with Crippen LogP contribution in [-0.2, 0) is 6.18 Å². The predicted octanol–water partition coefficient (Wildman–Crippen LogP) is 6.72. The fraction of sp³-hybridized carbons (Fsp3) is 0.0556. The first kappa shape index (κ1) is 18.4. The molecule has 0 spiro atoms. The fourth-order valence-electron chi connectivity index (χ4n) is 2.16. The first-order valence-electron chi connectivity index (χ1n) is 7.34. The molecule has 2 aromatic carbocycles. The SMILES string of the molecule is FC(F)(F)c1cccc(-c2ccc(C=NNc3ccc(Cl)c(Cl)c3)o2)c1. The van der Waals surface area contributed by atoms with Crippen LogP contribution in [0.5, 0.6) is 0 Å². The summed E-state index contributed by atoms with van der Waals surface area (Å²) in [5, 5.41) is 4.81. The van der Waals surface area contributed by atoms with E-state index in [1.54, 1.807) is 36.4 Å². The van der Waals surface area contributed by atoms with Crippen molar-refractivity contribution in [3.63, 3.8) is 0 Å². The zero-order valence-electron chi connectivity index (χ0n) is 13.0. The van der Waals surface area contributed by atoms with Gasteiger partial charge in [0.25, 0.3) is 0 Å². The Bertz CT molecular complexity index is 952. The second-order valence-corrected chi connectivity index (χ2v) is 6.09. The molecule has 3 aromatic rings.